The van der Waals surface area contributed by atoms with Gasteiger partial charge in [-0.05, 0) is 18.9 Å². The molecule has 72 valence electrons. The summed E-state index contributed by atoms with van der Waals surface area (Å²) in [5.74, 6) is 2.03. The molecule has 0 amide bonds. The number of nitrogens with one attached hydrogen (secondary N) is 2. The normalized spacial score (nSPS) is 18.8. The lowest BCUT2D eigenvalue weighted by molar-refractivity contribution is 0.468. The quantitative estimate of drug-likeness (QED) is 0.724. The summed E-state index contributed by atoms with van der Waals surface area (Å²) in [7, 11) is 0. The third-order valence-electron chi connectivity index (χ3n) is 2.57. The van der Waals surface area contributed by atoms with Crippen LogP contribution in [0.2, 0.25) is 0 Å². The smallest absolute Gasteiger partial charge is 0.123 e. The highest BCUT2D eigenvalue weighted by Gasteiger charge is 2.26. The van der Waals surface area contributed by atoms with Gasteiger partial charge in [-0.3, -0.25) is 0 Å². The second-order valence-corrected chi connectivity index (χ2v) is 3.76. The highest BCUT2D eigenvalue weighted by Crippen LogP contribution is 2.36. The fourth-order valence-electron chi connectivity index (χ4n) is 1.69. The molecule has 0 aromatic carbocycles. The SMILES string of the molecule is CCNC(CC1CC1)c1ncc[nH]1. The summed E-state index contributed by atoms with van der Waals surface area (Å²) in [6.07, 6.45) is 7.77. The molecule has 1 atom stereocenters. The van der Waals surface area contributed by atoms with Gasteiger partial charge in [0.2, 0.25) is 0 Å². The van der Waals surface area contributed by atoms with Gasteiger partial charge in [-0.1, -0.05) is 19.8 Å². The van der Waals surface area contributed by atoms with E-state index in [4.69, 9.17) is 0 Å². The first-order valence-electron chi connectivity index (χ1n) is 5.12. The molecule has 1 aromatic rings. The predicted octanol–water partition coefficient (Wildman–Crippen LogP) is 1.86. The second-order valence-electron chi connectivity index (χ2n) is 3.76. The van der Waals surface area contributed by atoms with Crippen molar-refractivity contribution >= 4 is 0 Å². The van der Waals surface area contributed by atoms with Crippen LogP contribution in [-0.4, -0.2) is 16.5 Å². The molecule has 1 fully saturated rings. The van der Waals surface area contributed by atoms with E-state index < -0.39 is 0 Å². The summed E-state index contributed by atoms with van der Waals surface area (Å²) in [5.41, 5.74) is 0. The molecule has 1 aromatic heterocycles. The molecule has 0 radical (unpaired) electrons. The topological polar surface area (TPSA) is 40.7 Å². The Balaban J connectivity index is 1.95. The van der Waals surface area contributed by atoms with Gasteiger partial charge in [-0.25, -0.2) is 4.98 Å². The molecule has 2 rings (SSSR count). The minimum Gasteiger partial charge on any atom is -0.347 e. The minimum atomic E-state index is 0.437. The monoisotopic (exact) mass is 179 g/mol. The Labute approximate surface area is 79.0 Å². The van der Waals surface area contributed by atoms with E-state index in [9.17, 15) is 0 Å². The van der Waals surface area contributed by atoms with Crippen molar-refractivity contribution in [2.45, 2.75) is 32.2 Å². The van der Waals surface area contributed by atoms with Gasteiger partial charge in [0.15, 0.2) is 0 Å². The molecule has 0 bridgehead atoms. The van der Waals surface area contributed by atoms with Crippen LogP contribution in [0.5, 0.6) is 0 Å². The van der Waals surface area contributed by atoms with Crippen molar-refractivity contribution in [3.05, 3.63) is 18.2 Å². The number of hydrogen-bond acceptors (Lipinski definition) is 2. The Hall–Kier alpha value is -0.830. The molecular formula is C10H17N3. The van der Waals surface area contributed by atoms with E-state index >= 15 is 0 Å². The van der Waals surface area contributed by atoms with Crippen LogP contribution in [0.15, 0.2) is 12.4 Å². The summed E-state index contributed by atoms with van der Waals surface area (Å²) >= 11 is 0. The number of H-pyrrole nitrogens is 1. The minimum absolute atomic E-state index is 0.437. The number of hydrogen-bond donors (Lipinski definition) is 2. The maximum Gasteiger partial charge on any atom is 0.123 e. The van der Waals surface area contributed by atoms with Crippen molar-refractivity contribution in [2.75, 3.05) is 6.54 Å². The van der Waals surface area contributed by atoms with E-state index in [0.717, 1.165) is 18.3 Å². The lowest BCUT2D eigenvalue weighted by atomic mass is 10.1. The van der Waals surface area contributed by atoms with Crippen molar-refractivity contribution in [3.8, 4) is 0 Å². The van der Waals surface area contributed by atoms with Gasteiger partial charge in [-0.15, -0.1) is 0 Å². The van der Waals surface area contributed by atoms with Crippen molar-refractivity contribution < 1.29 is 0 Å². The van der Waals surface area contributed by atoms with Crippen LogP contribution in [0.25, 0.3) is 0 Å². The molecule has 1 heterocycles. The lowest BCUT2D eigenvalue weighted by Gasteiger charge is -2.14. The Kier molecular flexibility index (Phi) is 2.64. The molecule has 1 aliphatic carbocycles. The molecule has 0 aliphatic heterocycles. The summed E-state index contributed by atoms with van der Waals surface area (Å²) in [5, 5.41) is 3.46. The Morgan fingerprint density at radius 2 is 2.54 bits per heavy atom. The molecule has 1 unspecified atom stereocenters. The van der Waals surface area contributed by atoms with E-state index in [2.05, 4.69) is 22.2 Å². The van der Waals surface area contributed by atoms with Crippen LogP contribution in [0.1, 0.15) is 38.1 Å². The van der Waals surface area contributed by atoms with E-state index in [-0.39, 0.29) is 0 Å². The fourth-order valence-corrected chi connectivity index (χ4v) is 1.69. The van der Waals surface area contributed by atoms with Gasteiger partial charge >= 0.3 is 0 Å². The number of aromatic amines is 1. The average molecular weight is 179 g/mol. The lowest BCUT2D eigenvalue weighted by Crippen LogP contribution is -2.22. The zero-order valence-electron chi connectivity index (χ0n) is 8.09. The summed E-state index contributed by atoms with van der Waals surface area (Å²) < 4.78 is 0. The van der Waals surface area contributed by atoms with Crippen LogP contribution in [0, 0.1) is 5.92 Å². The van der Waals surface area contributed by atoms with Gasteiger partial charge < -0.3 is 10.3 Å². The molecule has 0 saturated heterocycles. The molecule has 2 N–H and O–H groups in total. The van der Waals surface area contributed by atoms with Gasteiger partial charge in [0.05, 0.1) is 6.04 Å². The number of rotatable bonds is 5. The van der Waals surface area contributed by atoms with E-state index in [1.807, 2.05) is 12.4 Å². The van der Waals surface area contributed by atoms with Crippen LogP contribution in [0.4, 0.5) is 0 Å². The molecule has 1 saturated carbocycles. The predicted molar refractivity (Wildman–Crippen MR) is 52.3 cm³/mol. The standard InChI is InChI=1S/C10H17N3/c1-2-11-9(7-8-3-4-8)10-12-5-6-13-10/h5-6,8-9,11H,2-4,7H2,1H3,(H,12,13). The van der Waals surface area contributed by atoms with Crippen LogP contribution < -0.4 is 5.32 Å². The van der Waals surface area contributed by atoms with Crippen molar-refractivity contribution in [3.63, 3.8) is 0 Å². The Morgan fingerprint density at radius 1 is 1.69 bits per heavy atom. The number of aromatic nitrogens is 2. The third kappa shape index (κ3) is 2.31. The van der Waals surface area contributed by atoms with Gasteiger partial charge in [-0.2, -0.15) is 0 Å². The van der Waals surface area contributed by atoms with Crippen LogP contribution in [-0.2, 0) is 0 Å². The first kappa shape index (κ1) is 8.75. The molecule has 3 nitrogen and oxygen atoms in total. The molecule has 13 heavy (non-hydrogen) atoms. The first-order chi connectivity index (χ1) is 6.40. The Morgan fingerprint density at radius 3 is 3.08 bits per heavy atom. The molecule has 0 spiro atoms. The number of imidazole rings is 1. The van der Waals surface area contributed by atoms with E-state index in [1.54, 1.807) is 0 Å². The van der Waals surface area contributed by atoms with E-state index in [1.165, 1.54) is 19.3 Å². The number of nitrogens with zero attached hydrogens (tertiary/aromatic N) is 1. The third-order valence-corrected chi connectivity index (χ3v) is 2.57. The van der Waals surface area contributed by atoms with Gasteiger partial charge in [0.1, 0.15) is 5.82 Å². The summed E-state index contributed by atoms with van der Waals surface area (Å²) in [6.45, 7) is 3.15. The summed E-state index contributed by atoms with van der Waals surface area (Å²) in [6, 6.07) is 0.437. The highest BCUT2D eigenvalue weighted by molar-refractivity contribution is 4.97. The zero-order chi connectivity index (χ0) is 9.10. The van der Waals surface area contributed by atoms with Crippen molar-refractivity contribution in [1.29, 1.82) is 0 Å². The highest BCUT2D eigenvalue weighted by atomic mass is 15.0. The first-order valence-corrected chi connectivity index (χ1v) is 5.12. The van der Waals surface area contributed by atoms with Gasteiger partial charge in [0, 0.05) is 12.4 Å². The fraction of sp³-hybridized carbons (Fsp3) is 0.700. The van der Waals surface area contributed by atoms with Crippen LogP contribution >= 0.6 is 0 Å². The largest absolute Gasteiger partial charge is 0.347 e. The molecule has 3 heteroatoms. The molecule has 1 aliphatic rings. The second kappa shape index (κ2) is 3.92. The maximum atomic E-state index is 4.30. The maximum absolute atomic E-state index is 4.30. The average Bonchev–Trinajstić information content (AvgIpc) is 2.80. The summed E-state index contributed by atoms with van der Waals surface area (Å²) in [4.78, 5) is 7.48. The zero-order valence-corrected chi connectivity index (χ0v) is 8.09. The van der Waals surface area contributed by atoms with Crippen molar-refractivity contribution in [1.82, 2.24) is 15.3 Å². The van der Waals surface area contributed by atoms with Crippen molar-refractivity contribution in [2.24, 2.45) is 5.92 Å². The molecular weight excluding hydrogens is 162 g/mol. The van der Waals surface area contributed by atoms with Crippen LogP contribution in [0.3, 0.4) is 0 Å². The Bertz CT molecular complexity index is 239. The van der Waals surface area contributed by atoms with Gasteiger partial charge in [0.25, 0.3) is 0 Å². The van der Waals surface area contributed by atoms with E-state index in [0.29, 0.717) is 6.04 Å².